The van der Waals surface area contributed by atoms with Crippen LogP contribution >= 0.6 is 0 Å². The third-order valence-electron chi connectivity index (χ3n) is 1.85. The van der Waals surface area contributed by atoms with E-state index in [0.29, 0.717) is 24.8 Å². The second-order valence-electron chi connectivity index (χ2n) is 3.36. The van der Waals surface area contributed by atoms with Gasteiger partial charge in [-0.05, 0) is 25.3 Å². The summed E-state index contributed by atoms with van der Waals surface area (Å²) in [6.07, 6.45) is 8.08. The smallest absolute Gasteiger partial charge is 0.0809 e. The molecule has 0 fully saturated rings. The van der Waals surface area contributed by atoms with Crippen molar-refractivity contribution >= 4 is 0 Å². The van der Waals surface area contributed by atoms with Gasteiger partial charge in [-0.3, -0.25) is 0 Å². The Hall–Kier alpha value is -1.04. The topological polar surface area (TPSA) is 40.5 Å². The summed E-state index contributed by atoms with van der Waals surface area (Å²) >= 11 is 0. The molecule has 0 heterocycles. The summed E-state index contributed by atoms with van der Waals surface area (Å²) in [6, 6.07) is 0. The number of aliphatic hydroxyl groups excluding tert-OH is 2. The average molecular weight is 194 g/mol. The van der Waals surface area contributed by atoms with Gasteiger partial charge in [-0.1, -0.05) is 11.6 Å². The molecule has 0 aliphatic carbocycles. The molecule has 78 valence electrons. The Morgan fingerprint density at radius 1 is 1.64 bits per heavy atom. The van der Waals surface area contributed by atoms with E-state index in [-0.39, 0.29) is 6.61 Å². The number of rotatable bonds is 6. The lowest BCUT2D eigenvalue weighted by Crippen LogP contribution is -2.13. The molecule has 0 saturated heterocycles. The number of aliphatic hydroxyl groups is 2. The fourth-order valence-electron chi connectivity index (χ4n) is 1.11. The Morgan fingerprint density at radius 2 is 2.29 bits per heavy atom. The zero-order valence-corrected chi connectivity index (χ0v) is 8.66. The molecule has 0 aromatic heterocycles. The standard InChI is InChI=1S/C12H18O2/c1-4-5-6-7-11(9-13)12(14)8-10(2)3/h1,7,12-14H,2,5-6,8-9H2,3H3/b11-7+/t12-/m0/s1. The van der Waals surface area contributed by atoms with Gasteiger partial charge >= 0.3 is 0 Å². The van der Waals surface area contributed by atoms with Crippen molar-refractivity contribution < 1.29 is 10.2 Å². The zero-order valence-electron chi connectivity index (χ0n) is 8.66. The van der Waals surface area contributed by atoms with Crippen LogP contribution in [-0.2, 0) is 0 Å². The Balaban J connectivity index is 4.18. The molecule has 0 aromatic rings. The molecule has 0 aliphatic rings. The third-order valence-corrected chi connectivity index (χ3v) is 1.85. The van der Waals surface area contributed by atoms with Crippen LogP contribution in [0.2, 0.25) is 0 Å². The molecule has 2 nitrogen and oxygen atoms in total. The molecular weight excluding hydrogens is 176 g/mol. The highest BCUT2D eigenvalue weighted by molar-refractivity contribution is 5.12. The highest BCUT2D eigenvalue weighted by atomic mass is 16.3. The van der Waals surface area contributed by atoms with Gasteiger partial charge in [0.25, 0.3) is 0 Å². The molecule has 0 bridgehead atoms. The van der Waals surface area contributed by atoms with E-state index in [2.05, 4.69) is 12.5 Å². The minimum absolute atomic E-state index is 0.126. The van der Waals surface area contributed by atoms with Gasteiger partial charge in [0.05, 0.1) is 12.7 Å². The molecule has 2 N–H and O–H groups in total. The quantitative estimate of drug-likeness (QED) is 0.383. The largest absolute Gasteiger partial charge is 0.392 e. The first kappa shape index (κ1) is 13.0. The SMILES string of the molecule is C#CCC/C=C(\CO)[C@@H](O)CC(=C)C. The maximum atomic E-state index is 9.64. The van der Waals surface area contributed by atoms with Crippen molar-refractivity contribution in [3.05, 3.63) is 23.8 Å². The van der Waals surface area contributed by atoms with Crippen LogP contribution in [0.4, 0.5) is 0 Å². The van der Waals surface area contributed by atoms with E-state index in [9.17, 15) is 5.11 Å². The van der Waals surface area contributed by atoms with Gasteiger partial charge in [0.2, 0.25) is 0 Å². The highest BCUT2D eigenvalue weighted by Gasteiger charge is 2.09. The van der Waals surface area contributed by atoms with Gasteiger partial charge in [0, 0.05) is 6.42 Å². The first-order valence-electron chi connectivity index (χ1n) is 4.67. The first-order chi connectivity index (χ1) is 6.61. The maximum Gasteiger partial charge on any atom is 0.0809 e. The van der Waals surface area contributed by atoms with Crippen molar-refractivity contribution in [3.63, 3.8) is 0 Å². The van der Waals surface area contributed by atoms with E-state index >= 15 is 0 Å². The summed E-state index contributed by atoms with van der Waals surface area (Å²) < 4.78 is 0. The number of unbranched alkanes of at least 4 members (excludes halogenated alkanes) is 1. The fraction of sp³-hybridized carbons (Fsp3) is 0.500. The molecule has 0 aliphatic heterocycles. The molecule has 1 atom stereocenters. The minimum Gasteiger partial charge on any atom is -0.392 e. The summed E-state index contributed by atoms with van der Waals surface area (Å²) in [6.45, 7) is 5.43. The zero-order chi connectivity index (χ0) is 11.0. The van der Waals surface area contributed by atoms with Gasteiger partial charge in [0.15, 0.2) is 0 Å². The van der Waals surface area contributed by atoms with Crippen LogP contribution in [0, 0.1) is 12.3 Å². The number of hydrogen-bond donors (Lipinski definition) is 2. The lowest BCUT2D eigenvalue weighted by atomic mass is 10.0. The van der Waals surface area contributed by atoms with E-state index < -0.39 is 6.10 Å². The predicted octanol–water partition coefficient (Wildman–Crippen LogP) is 1.65. The minimum atomic E-state index is -0.629. The number of terminal acetylenes is 1. The third kappa shape index (κ3) is 5.58. The van der Waals surface area contributed by atoms with Crippen LogP contribution in [0.15, 0.2) is 23.8 Å². The highest BCUT2D eigenvalue weighted by Crippen LogP contribution is 2.11. The molecule has 0 unspecified atom stereocenters. The van der Waals surface area contributed by atoms with Crippen LogP contribution < -0.4 is 0 Å². The molecular formula is C12H18O2. The van der Waals surface area contributed by atoms with E-state index in [1.165, 1.54) is 0 Å². The molecule has 0 radical (unpaired) electrons. The van der Waals surface area contributed by atoms with Crippen molar-refractivity contribution in [1.29, 1.82) is 0 Å². The molecule has 14 heavy (non-hydrogen) atoms. The van der Waals surface area contributed by atoms with Crippen LogP contribution in [0.5, 0.6) is 0 Å². The Labute approximate surface area is 86.0 Å². The lowest BCUT2D eigenvalue weighted by Gasteiger charge is -2.12. The fourth-order valence-corrected chi connectivity index (χ4v) is 1.11. The summed E-state index contributed by atoms with van der Waals surface area (Å²) in [5.41, 5.74) is 1.53. The summed E-state index contributed by atoms with van der Waals surface area (Å²) in [5, 5.41) is 18.6. The van der Waals surface area contributed by atoms with Crippen molar-refractivity contribution in [2.24, 2.45) is 0 Å². The Kier molecular flexibility index (Phi) is 6.82. The lowest BCUT2D eigenvalue weighted by molar-refractivity contribution is 0.187. The van der Waals surface area contributed by atoms with Gasteiger partial charge < -0.3 is 10.2 Å². The second-order valence-corrected chi connectivity index (χ2v) is 3.36. The molecule has 0 amide bonds. The van der Waals surface area contributed by atoms with Crippen LogP contribution in [0.3, 0.4) is 0 Å². The van der Waals surface area contributed by atoms with E-state index in [4.69, 9.17) is 11.5 Å². The van der Waals surface area contributed by atoms with Gasteiger partial charge in [-0.25, -0.2) is 0 Å². The molecule has 2 heteroatoms. The monoisotopic (exact) mass is 194 g/mol. The normalized spacial score (nSPS) is 13.4. The van der Waals surface area contributed by atoms with Gasteiger partial charge in [-0.15, -0.1) is 18.9 Å². The second kappa shape index (κ2) is 7.37. The van der Waals surface area contributed by atoms with Crippen molar-refractivity contribution in [2.75, 3.05) is 6.61 Å². The Bertz CT molecular complexity index is 246. The Morgan fingerprint density at radius 3 is 2.71 bits per heavy atom. The molecule has 0 rings (SSSR count). The molecule has 0 saturated carbocycles. The van der Waals surface area contributed by atoms with Crippen LogP contribution in [-0.4, -0.2) is 22.9 Å². The van der Waals surface area contributed by atoms with Gasteiger partial charge in [-0.2, -0.15) is 0 Å². The maximum absolute atomic E-state index is 9.64. The van der Waals surface area contributed by atoms with Gasteiger partial charge in [0.1, 0.15) is 0 Å². The van der Waals surface area contributed by atoms with Crippen LogP contribution in [0.1, 0.15) is 26.2 Å². The number of allylic oxidation sites excluding steroid dienone is 1. The van der Waals surface area contributed by atoms with Crippen molar-refractivity contribution in [3.8, 4) is 12.3 Å². The van der Waals surface area contributed by atoms with Crippen molar-refractivity contribution in [2.45, 2.75) is 32.3 Å². The molecule has 0 aromatic carbocycles. The summed E-state index contributed by atoms with van der Waals surface area (Å²) in [5.74, 6) is 2.50. The number of hydrogen-bond acceptors (Lipinski definition) is 2. The van der Waals surface area contributed by atoms with Crippen molar-refractivity contribution in [1.82, 2.24) is 0 Å². The predicted molar refractivity (Wildman–Crippen MR) is 58.7 cm³/mol. The average Bonchev–Trinajstić information content (AvgIpc) is 2.11. The van der Waals surface area contributed by atoms with E-state index in [0.717, 1.165) is 5.57 Å². The first-order valence-corrected chi connectivity index (χ1v) is 4.67. The van der Waals surface area contributed by atoms with E-state index in [1.54, 1.807) is 6.08 Å². The summed E-state index contributed by atoms with van der Waals surface area (Å²) in [7, 11) is 0. The molecule has 0 spiro atoms. The van der Waals surface area contributed by atoms with Crippen LogP contribution in [0.25, 0.3) is 0 Å². The summed E-state index contributed by atoms with van der Waals surface area (Å²) in [4.78, 5) is 0. The van der Waals surface area contributed by atoms with E-state index in [1.807, 2.05) is 6.92 Å².